The van der Waals surface area contributed by atoms with Gasteiger partial charge in [0.2, 0.25) is 10.0 Å². The van der Waals surface area contributed by atoms with E-state index in [9.17, 15) is 8.42 Å². The molecule has 6 heteroatoms. The third-order valence-corrected chi connectivity index (χ3v) is 3.20. The molecule has 0 saturated heterocycles. The van der Waals surface area contributed by atoms with Gasteiger partial charge in [-0.2, -0.15) is 5.26 Å². The number of pyridine rings is 1. The van der Waals surface area contributed by atoms with E-state index in [1.165, 1.54) is 18.3 Å². The molecule has 1 aromatic rings. The highest BCUT2D eigenvalue weighted by Gasteiger charge is 2.15. The summed E-state index contributed by atoms with van der Waals surface area (Å²) < 4.78 is 25.6. The van der Waals surface area contributed by atoms with E-state index in [1.807, 2.05) is 6.07 Å². The first-order chi connectivity index (χ1) is 6.95. The third kappa shape index (κ3) is 3.01. The fraction of sp³-hybridized carbons (Fsp3) is 0.333. The molecule has 0 saturated carbocycles. The van der Waals surface area contributed by atoms with Crippen molar-refractivity contribution in [2.24, 2.45) is 0 Å². The van der Waals surface area contributed by atoms with Crippen LogP contribution in [-0.4, -0.2) is 19.4 Å². The second-order valence-electron chi connectivity index (χ2n) is 3.27. The molecule has 1 rings (SSSR count). The molecular formula is C9H11N3O2S. The van der Waals surface area contributed by atoms with Crippen LogP contribution in [0.15, 0.2) is 23.2 Å². The SMILES string of the molecule is CC(C)NS(=O)(=O)c1ccc(C#N)nc1. The monoisotopic (exact) mass is 225 g/mol. The van der Waals surface area contributed by atoms with Crippen LogP contribution in [0.25, 0.3) is 0 Å². The van der Waals surface area contributed by atoms with Crippen LogP contribution < -0.4 is 4.72 Å². The van der Waals surface area contributed by atoms with Gasteiger partial charge in [-0.1, -0.05) is 0 Å². The van der Waals surface area contributed by atoms with E-state index in [4.69, 9.17) is 5.26 Å². The molecule has 1 aromatic heterocycles. The van der Waals surface area contributed by atoms with Crippen LogP contribution in [-0.2, 0) is 10.0 Å². The summed E-state index contributed by atoms with van der Waals surface area (Å²) in [5.41, 5.74) is 0.193. The van der Waals surface area contributed by atoms with Gasteiger partial charge in [0.05, 0.1) is 0 Å². The smallest absolute Gasteiger partial charge is 0.242 e. The van der Waals surface area contributed by atoms with E-state index < -0.39 is 10.0 Å². The molecule has 0 aliphatic rings. The van der Waals surface area contributed by atoms with Gasteiger partial charge in [-0.15, -0.1) is 0 Å². The molecule has 0 spiro atoms. The average molecular weight is 225 g/mol. The normalized spacial score (nSPS) is 11.3. The number of nitrogens with one attached hydrogen (secondary N) is 1. The van der Waals surface area contributed by atoms with Crippen LogP contribution in [0.1, 0.15) is 19.5 Å². The first-order valence-electron chi connectivity index (χ1n) is 4.34. The summed E-state index contributed by atoms with van der Waals surface area (Å²) in [5, 5.41) is 8.50. The van der Waals surface area contributed by atoms with Gasteiger partial charge in [0, 0.05) is 12.2 Å². The summed E-state index contributed by atoms with van der Waals surface area (Å²) in [6.07, 6.45) is 1.17. The van der Waals surface area contributed by atoms with Gasteiger partial charge in [-0.3, -0.25) is 0 Å². The van der Waals surface area contributed by atoms with Crippen molar-refractivity contribution >= 4 is 10.0 Å². The van der Waals surface area contributed by atoms with Gasteiger partial charge in [0.25, 0.3) is 0 Å². The minimum Gasteiger partial charge on any atom is -0.244 e. The molecule has 0 aliphatic carbocycles. The zero-order chi connectivity index (χ0) is 11.5. The van der Waals surface area contributed by atoms with Crippen LogP contribution in [0.4, 0.5) is 0 Å². The number of hydrogen-bond donors (Lipinski definition) is 1. The minimum atomic E-state index is -3.51. The van der Waals surface area contributed by atoms with Crippen molar-refractivity contribution in [1.29, 1.82) is 5.26 Å². The molecule has 0 unspecified atom stereocenters. The summed E-state index contributed by atoms with van der Waals surface area (Å²) in [6.45, 7) is 3.46. The number of sulfonamides is 1. The summed E-state index contributed by atoms with van der Waals surface area (Å²) in [7, 11) is -3.51. The largest absolute Gasteiger partial charge is 0.244 e. The Balaban J connectivity index is 3.02. The van der Waals surface area contributed by atoms with E-state index in [0.717, 1.165) is 0 Å². The summed E-state index contributed by atoms with van der Waals surface area (Å²) in [6, 6.07) is 4.37. The third-order valence-electron chi connectivity index (χ3n) is 1.55. The second kappa shape index (κ2) is 4.38. The van der Waals surface area contributed by atoms with Crippen molar-refractivity contribution < 1.29 is 8.42 Å². The first kappa shape index (κ1) is 11.6. The minimum absolute atomic E-state index is 0.0650. The van der Waals surface area contributed by atoms with Crippen molar-refractivity contribution in [3.8, 4) is 6.07 Å². The van der Waals surface area contributed by atoms with Crippen LogP contribution in [0.3, 0.4) is 0 Å². The zero-order valence-electron chi connectivity index (χ0n) is 8.43. The molecule has 1 N–H and O–H groups in total. The fourth-order valence-corrected chi connectivity index (χ4v) is 2.18. The van der Waals surface area contributed by atoms with E-state index in [0.29, 0.717) is 0 Å². The van der Waals surface area contributed by atoms with Crippen molar-refractivity contribution in [3.63, 3.8) is 0 Å². The van der Waals surface area contributed by atoms with Crippen molar-refractivity contribution in [1.82, 2.24) is 9.71 Å². The van der Waals surface area contributed by atoms with Gasteiger partial charge < -0.3 is 0 Å². The maximum atomic E-state index is 11.6. The predicted molar refractivity (Wildman–Crippen MR) is 54.4 cm³/mol. The highest BCUT2D eigenvalue weighted by molar-refractivity contribution is 7.89. The van der Waals surface area contributed by atoms with Gasteiger partial charge in [0.1, 0.15) is 16.7 Å². The molecular weight excluding hydrogens is 214 g/mol. The number of hydrogen-bond acceptors (Lipinski definition) is 4. The maximum absolute atomic E-state index is 11.6. The van der Waals surface area contributed by atoms with Gasteiger partial charge in [0.15, 0.2) is 0 Å². The summed E-state index contributed by atoms with van der Waals surface area (Å²) in [4.78, 5) is 3.76. The number of nitrogens with zero attached hydrogens (tertiary/aromatic N) is 2. The van der Waals surface area contributed by atoms with Gasteiger partial charge >= 0.3 is 0 Å². The highest BCUT2D eigenvalue weighted by Crippen LogP contribution is 2.07. The quantitative estimate of drug-likeness (QED) is 0.818. The molecule has 0 bridgehead atoms. The predicted octanol–water partition coefficient (Wildman–Crippen LogP) is 0.640. The molecule has 80 valence electrons. The first-order valence-corrected chi connectivity index (χ1v) is 5.82. The van der Waals surface area contributed by atoms with Crippen molar-refractivity contribution in [2.45, 2.75) is 24.8 Å². The average Bonchev–Trinajstić information content (AvgIpc) is 2.16. The second-order valence-corrected chi connectivity index (χ2v) is 4.98. The molecule has 1 heterocycles. The van der Waals surface area contributed by atoms with Crippen molar-refractivity contribution in [2.75, 3.05) is 0 Å². The molecule has 0 aliphatic heterocycles. The van der Waals surface area contributed by atoms with Gasteiger partial charge in [-0.25, -0.2) is 18.1 Å². The number of nitriles is 1. The van der Waals surface area contributed by atoms with Crippen LogP contribution in [0.2, 0.25) is 0 Å². The summed E-state index contributed by atoms with van der Waals surface area (Å²) in [5.74, 6) is 0. The molecule has 0 amide bonds. The lowest BCUT2D eigenvalue weighted by atomic mass is 10.4. The maximum Gasteiger partial charge on any atom is 0.242 e. The molecule has 0 aromatic carbocycles. The number of aromatic nitrogens is 1. The molecule has 0 fully saturated rings. The van der Waals surface area contributed by atoms with E-state index >= 15 is 0 Å². The Morgan fingerprint density at radius 3 is 2.53 bits per heavy atom. The Labute approximate surface area is 88.8 Å². The van der Waals surface area contributed by atoms with Crippen molar-refractivity contribution in [3.05, 3.63) is 24.0 Å². The molecule has 0 atom stereocenters. The molecule has 0 radical (unpaired) electrons. The number of rotatable bonds is 3. The topological polar surface area (TPSA) is 82.9 Å². The van der Waals surface area contributed by atoms with Crippen LogP contribution in [0, 0.1) is 11.3 Å². The Hall–Kier alpha value is -1.45. The van der Waals surface area contributed by atoms with Crippen LogP contribution in [0.5, 0.6) is 0 Å². The Bertz CT molecular complexity index is 471. The molecule has 5 nitrogen and oxygen atoms in total. The standard InChI is InChI=1S/C9H11N3O2S/c1-7(2)12-15(13,14)9-4-3-8(5-10)11-6-9/h3-4,6-7,12H,1-2H3. The van der Waals surface area contributed by atoms with E-state index in [1.54, 1.807) is 13.8 Å². The highest BCUT2D eigenvalue weighted by atomic mass is 32.2. The van der Waals surface area contributed by atoms with Gasteiger partial charge in [-0.05, 0) is 26.0 Å². The zero-order valence-corrected chi connectivity index (χ0v) is 9.25. The fourth-order valence-electron chi connectivity index (χ4n) is 0.984. The summed E-state index contributed by atoms with van der Waals surface area (Å²) >= 11 is 0. The lowest BCUT2D eigenvalue weighted by molar-refractivity contribution is 0.569. The van der Waals surface area contributed by atoms with E-state index in [-0.39, 0.29) is 16.6 Å². The van der Waals surface area contributed by atoms with Crippen LogP contribution >= 0.6 is 0 Å². The Morgan fingerprint density at radius 2 is 2.13 bits per heavy atom. The Kier molecular flexibility index (Phi) is 3.39. The lowest BCUT2D eigenvalue weighted by Crippen LogP contribution is -2.30. The van der Waals surface area contributed by atoms with E-state index in [2.05, 4.69) is 9.71 Å². The Morgan fingerprint density at radius 1 is 1.47 bits per heavy atom. The lowest BCUT2D eigenvalue weighted by Gasteiger charge is -2.08. The molecule has 15 heavy (non-hydrogen) atoms.